The maximum atomic E-state index is 12.3. The van der Waals surface area contributed by atoms with Crippen LogP contribution < -0.4 is 10.5 Å². The minimum Gasteiger partial charge on any atom is -0.321 e. The Morgan fingerprint density at radius 3 is 2.15 bits per heavy atom. The molecule has 26 heavy (non-hydrogen) atoms. The van der Waals surface area contributed by atoms with Gasteiger partial charge in [0.05, 0.1) is 4.90 Å². The number of hydrogen-bond acceptors (Lipinski definition) is 4. The Hall–Kier alpha value is -2.95. The molecule has 0 aliphatic rings. The molecule has 0 unspecified atom stereocenters. The van der Waals surface area contributed by atoms with Crippen molar-refractivity contribution in [1.29, 1.82) is 5.26 Å². The summed E-state index contributed by atoms with van der Waals surface area (Å²) >= 11 is 0. The number of nitrogens with two attached hydrogens (primary N) is 1. The lowest BCUT2D eigenvalue weighted by atomic mass is 10.0. The number of primary sulfonamides is 1. The predicted octanol–water partition coefficient (Wildman–Crippen LogP) is 3.00. The van der Waals surface area contributed by atoms with Crippen molar-refractivity contribution < 1.29 is 13.2 Å². The summed E-state index contributed by atoms with van der Waals surface area (Å²) < 4.78 is 22.5. The minimum absolute atomic E-state index is 0.0576. The number of carbonyl (C=O) groups is 1. The van der Waals surface area contributed by atoms with E-state index >= 15 is 0 Å². The molecule has 0 radical (unpaired) electrons. The molecule has 2 aromatic carbocycles. The van der Waals surface area contributed by atoms with E-state index in [0.29, 0.717) is 11.6 Å². The zero-order valence-corrected chi connectivity index (χ0v) is 15.2. The molecule has 2 rings (SSSR count). The van der Waals surface area contributed by atoms with E-state index in [4.69, 9.17) is 5.14 Å². The number of rotatable bonds is 5. The third kappa shape index (κ3) is 5.02. The molecule has 0 saturated carbocycles. The summed E-state index contributed by atoms with van der Waals surface area (Å²) in [5.74, 6) is -0.184. The molecule has 0 heterocycles. The van der Waals surface area contributed by atoms with Crippen LogP contribution in [0.15, 0.2) is 59.0 Å². The molecule has 0 spiro atoms. The van der Waals surface area contributed by atoms with Gasteiger partial charge in [-0.05, 0) is 47.4 Å². The second-order valence-corrected chi connectivity index (χ2v) is 7.58. The van der Waals surface area contributed by atoms with Crippen molar-refractivity contribution in [1.82, 2.24) is 0 Å². The lowest BCUT2D eigenvalue weighted by molar-refractivity contribution is -0.112. The zero-order valence-electron chi connectivity index (χ0n) is 14.4. The summed E-state index contributed by atoms with van der Waals surface area (Å²) in [5, 5.41) is 16.8. The highest BCUT2D eigenvalue weighted by Crippen LogP contribution is 2.17. The van der Waals surface area contributed by atoms with Crippen molar-refractivity contribution in [2.75, 3.05) is 5.32 Å². The summed E-state index contributed by atoms with van der Waals surface area (Å²) in [4.78, 5) is 12.2. The first-order valence-corrected chi connectivity index (χ1v) is 9.41. The first-order valence-electron chi connectivity index (χ1n) is 7.86. The number of amides is 1. The molecular formula is C19H19N3O3S. The maximum Gasteiger partial charge on any atom is 0.266 e. The van der Waals surface area contributed by atoms with Gasteiger partial charge >= 0.3 is 0 Å². The van der Waals surface area contributed by atoms with Gasteiger partial charge in [-0.3, -0.25) is 4.79 Å². The van der Waals surface area contributed by atoms with E-state index in [1.165, 1.54) is 35.9 Å². The van der Waals surface area contributed by atoms with E-state index in [9.17, 15) is 18.5 Å². The molecule has 1 amide bonds. The van der Waals surface area contributed by atoms with Gasteiger partial charge in [0.25, 0.3) is 5.91 Å². The molecule has 0 fully saturated rings. The molecule has 2 aromatic rings. The highest BCUT2D eigenvalue weighted by molar-refractivity contribution is 7.89. The number of benzene rings is 2. The highest BCUT2D eigenvalue weighted by Gasteiger charge is 2.11. The van der Waals surface area contributed by atoms with Crippen molar-refractivity contribution in [3.63, 3.8) is 0 Å². The summed E-state index contributed by atoms with van der Waals surface area (Å²) in [6, 6.07) is 14.9. The molecule has 0 bridgehead atoms. The van der Waals surface area contributed by atoms with Gasteiger partial charge in [-0.1, -0.05) is 38.1 Å². The quantitative estimate of drug-likeness (QED) is 0.623. The number of hydrogen-bond donors (Lipinski definition) is 2. The van der Waals surface area contributed by atoms with Crippen LogP contribution >= 0.6 is 0 Å². The molecule has 0 saturated heterocycles. The van der Waals surface area contributed by atoms with Crippen molar-refractivity contribution in [2.24, 2.45) is 5.14 Å². The average molecular weight is 369 g/mol. The van der Waals surface area contributed by atoms with Crippen molar-refractivity contribution >= 4 is 27.7 Å². The van der Waals surface area contributed by atoms with E-state index in [-0.39, 0.29) is 10.5 Å². The van der Waals surface area contributed by atoms with Gasteiger partial charge in [-0.15, -0.1) is 0 Å². The molecule has 134 valence electrons. The highest BCUT2D eigenvalue weighted by atomic mass is 32.2. The van der Waals surface area contributed by atoms with Crippen molar-refractivity contribution in [2.45, 2.75) is 24.7 Å². The third-order valence-corrected chi connectivity index (χ3v) is 4.65. The molecule has 0 aliphatic carbocycles. The topological polar surface area (TPSA) is 113 Å². The van der Waals surface area contributed by atoms with Gasteiger partial charge in [-0.25, -0.2) is 13.6 Å². The van der Waals surface area contributed by atoms with Gasteiger partial charge in [0, 0.05) is 5.69 Å². The van der Waals surface area contributed by atoms with Gasteiger partial charge in [0.2, 0.25) is 10.0 Å². The fraction of sp³-hybridized carbons (Fsp3) is 0.158. The van der Waals surface area contributed by atoms with Crippen LogP contribution in [-0.2, 0) is 14.8 Å². The van der Waals surface area contributed by atoms with Crippen LogP contribution in [0.1, 0.15) is 30.9 Å². The van der Waals surface area contributed by atoms with Crippen molar-refractivity contribution in [3.8, 4) is 6.07 Å². The van der Waals surface area contributed by atoms with E-state index in [1.807, 2.05) is 30.3 Å². The van der Waals surface area contributed by atoms with Crippen LogP contribution in [0.2, 0.25) is 0 Å². The molecule has 0 aliphatic heterocycles. The fourth-order valence-electron chi connectivity index (χ4n) is 2.22. The van der Waals surface area contributed by atoms with Gasteiger partial charge in [0.15, 0.2) is 0 Å². The van der Waals surface area contributed by atoms with Crippen LogP contribution in [0.4, 0.5) is 5.69 Å². The Bertz CT molecular complexity index is 968. The van der Waals surface area contributed by atoms with Gasteiger partial charge < -0.3 is 5.32 Å². The first kappa shape index (κ1) is 19.4. The summed E-state index contributed by atoms with van der Waals surface area (Å²) in [5.41, 5.74) is 2.21. The number of nitrogens with zero attached hydrogens (tertiary/aromatic N) is 1. The van der Waals surface area contributed by atoms with Gasteiger partial charge in [0.1, 0.15) is 11.6 Å². The minimum atomic E-state index is -3.80. The molecule has 0 atom stereocenters. The molecule has 7 heteroatoms. The normalized spacial score (nSPS) is 11.9. The van der Waals surface area contributed by atoms with Crippen LogP contribution in [0.3, 0.4) is 0 Å². The van der Waals surface area contributed by atoms with Crippen LogP contribution in [-0.4, -0.2) is 14.3 Å². The first-order chi connectivity index (χ1) is 12.2. The zero-order chi connectivity index (χ0) is 19.3. The van der Waals surface area contributed by atoms with Crippen molar-refractivity contribution in [3.05, 3.63) is 65.2 Å². The monoisotopic (exact) mass is 369 g/mol. The van der Waals surface area contributed by atoms with E-state index < -0.39 is 15.9 Å². The third-order valence-electron chi connectivity index (χ3n) is 3.72. The molecule has 3 N–H and O–H groups in total. The Balaban J connectivity index is 2.17. The number of anilines is 1. The van der Waals surface area contributed by atoms with Crippen LogP contribution in [0.25, 0.3) is 6.08 Å². The Kier molecular flexibility index (Phi) is 5.93. The van der Waals surface area contributed by atoms with E-state index in [0.717, 1.165) is 5.56 Å². The van der Waals surface area contributed by atoms with Crippen LogP contribution in [0.5, 0.6) is 0 Å². The molecule has 0 aromatic heterocycles. The number of nitrogens with one attached hydrogen (secondary N) is 1. The number of sulfonamides is 1. The largest absolute Gasteiger partial charge is 0.321 e. The Morgan fingerprint density at radius 2 is 1.69 bits per heavy atom. The summed E-state index contributed by atoms with van der Waals surface area (Å²) in [7, 11) is -3.80. The standard InChI is InChI=1S/C19H19N3O3S/c1-13(2)15-5-3-14(4-6-15)11-16(12-20)19(23)22-17-7-9-18(10-8-17)26(21,24)25/h3-11,13H,1-2H3,(H,22,23)(H2,21,24,25)/b16-11+. The average Bonchev–Trinajstić information content (AvgIpc) is 2.59. The number of carbonyl (C=O) groups excluding carboxylic acids is 1. The lowest BCUT2D eigenvalue weighted by Crippen LogP contribution is -2.14. The Morgan fingerprint density at radius 1 is 1.12 bits per heavy atom. The smallest absolute Gasteiger partial charge is 0.266 e. The molecular weight excluding hydrogens is 350 g/mol. The summed E-state index contributed by atoms with van der Waals surface area (Å²) in [6.45, 7) is 4.17. The fourth-order valence-corrected chi connectivity index (χ4v) is 2.73. The second kappa shape index (κ2) is 7.95. The summed E-state index contributed by atoms with van der Waals surface area (Å²) in [6.07, 6.45) is 1.50. The maximum absolute atomic E-state index is 12.3. The van der Waals surface area contributed by atoms with Gasteiger partial charge in [-0.2, -0.15) is 5.26 Å². The van der Waals surface area contributed by atoms with E-state index in [1.54, 1.807) is 0 Å². The Labute approximate surface area is 153 Å². The van der Waals surface area contributed by atoms with E-state index in [2.05, 4.69) is 19.2 Å². The molecule has 6 nitrogen and oxygen atoms in total. The SMILES string of the molecule is CC(C)c1ccc(/C=C(\C#N)C(=O)Nc2ccc(S(N)(=O)=O)cc2)cc1. The predicted molar refractivity (Wildman–Crippen MR) is 101 cm³/mol. The number of nitriles is 1. The van der Waals surface area contributed by atoms with Crippen LogP contribution in [0, 0.1) is 11.3 Å². The lowest BCUT2D eigenvalue weighted by Gasteiger charge is -2.06. The second-order valence-electron chi connectivity index (χ2n) is 6.01.